The minimum Gasteiger partial charge on any atom is -0.410 e. The lowest BCUT2D eigenvalue weighted by Gasteiger charge is -2.05. The van der Waals surface area contributed by atoms with Gasteiger partial charge in [-0.2, -0.15) is 0 Å². The minimum atomic E-state index is -0.442. The van der Waals surface area contributed by atoms with Crippen LogP contribution in [0.3, 0.4) is 0 Å². The highest BCUT2D eigenvalue weighted by Gasteiger charge is 2.06. The molecule has 1 heterocycles. The Bertz CT molecular complexity index is 772. The first-order valence-electron chi connectivity index (χ1n) is 7.78. The van der Waals surface area contributed by atoms with Gasteiger partial charge in [-0.3, -0.25) is 0 Å². The summed E-state index contributed by atoms with van der Waals surface area (Å²) in [5.74, 6) is 0.536. The summed E-state index contributed by atoms with van der Waals surface area (Å²) in [6, 6.07) is 19.3. The van der Waals surface area contributed by atoms with Gasteiger partial charge in [-0.1, -0.05) is 48.5 Å². The van der Waals surface area contributed by atoms with Gasteiger partial charge in [-0.25, -0.2) is 9.78 Å². The Labute approximate surface area is 145 Å². The van der Waals surface area contributed by atoms with E-state index in [0.717, 1.165) is 11.4 Å². The smallest absolute Gasteiger partial charge is 0.410 e. The third-order valence-corrected chi connectivity index (χ3v) is 4.44. The Balaban J connectivity index is 1.43. The third kappa shape index (κ3) is 4.93. The topological polar surface area (TPSA) is 51.2 Å². The van der Waals surface area contributed by atoms with Crippen molar-refractivity contribution >= 4 is 17.4 Å². The second kappa shape index (κ2) is 8.26. The van der Waals surface area contributed by atoms with Crippen LogP contribution in [0, 0.1) is 0 Å². The molecule has 122 valence electrons. The van der Waals surface area contributed by atoms with Gasteiger partial charge in [0.25, 0.3) is 0 Å². The molecular weight excluding hydrogens is 320 g/mol. The van der Waals surface area contributed by atoms with Crippen LogP contribution in [0.5, 0.6) is 5.75 Å². The average molecular weight is 338 g/mol. The van der Waals surface area contributed by atoms with Gasteiger partial charge >= 0.3 is 6.09 Å². The van der Waals surface area contributed by atoms with Crippen molar-refractivity contribution in [1.82, 2.24) is 10.3 Å². The quantitative estimate of drug-likeness (QED) is 0.737. The number of para-hydroxylation sites is 1. The van der Waals surface area contributed by atoms with Crippen LogP contribution in [0.25, 0.3) is 0 Å². The summed E-state index contributed by atoms with van der Waals surface area (Å²) >= 11 is 1.68. The number of ether oxygens (including phenoxy) is 1. The van der Waals surface area contributed by atoms with Crippen LogP contribution in [-0.4, -0.2) is 17.6 Å². The predicted octanol–water partition coefficient (Wildman–Crippen LogP) is 4.07. The molecule has 2 aromatic carbocycles. The van der Waals surface area contributed by atoms with Crippen molar-refractivity contribution in [3.05, 3.63) is 82.3 Å². The standard InChI is InChI=1S/C19H18N2O2S/c22-19(23-16-9-5-2-6-10-16)20-12-11-18-21-14-17(24-18)13-15-7-3-1-4-8-15/h1-10,14H,11-13H2,(H,20,22). The van der Waals surface area contributed by atoms with Crippen molar-refractivity contribution < 1.29 is 9.53 Å². The third-order valence-electron chi connectivity index (χ3n) is 3.38. The minimum absolute atomic E-state index is 0.442. The van der Waals surface area contributed by atoms with Crippen molar-refractivity contribution in [3.8, 4) is 5.75 Å². The monoisotopic (exact) mass is 338 g/mol. The zero-order valence-electron chi connectivity index (χ0n) is 13.1. The zero-order valence-corrected chi connectivity index (χ0v) is 14.0. The molecule has 1 amide bonds. The fourth-order valence-electron chi connectivity index (χ4n) is 2.25. The fraction of sp³-hybridized carbons (Fsp3) is 0.158. The summed E-state index contributed by atoms with van der Waals surface area (Å²) in [5, 5.41) is 3.76. The van der Waals surface area contributed by atoms with Crippen molar-refractivity contribution in [3.63, 3.8) is 0 Å². The van der Waals surface area contributed by atoms with Gasteiger partial charge in [0.05, 0.1) is 5.01 Å². The van der Waals surface area contributed by atoms with Crippen molar-refractivity contribution in [2.45, 2.75) is 12.8 Å². The lowest BCUT2D eigenvalue weighted by Crippen LogP contribution is -2.28. The molecule has 0 saturated heterocycles. The highest BCUT2D eigenvalue weighted by molar-refractivity contribution is 7.11. The van der Waals surface area contributed by atoms with Crippen molar-refractivity contribution in [2.24, 2.45) is 0 Å². The van der Waals surface area contributed by atoms with E-state index in [9.17, 15) is 4.79 Å². The maximum Gasteiger partial charge on any atom is 0.412 e. The first kappa shape index (κ1) is 16.2. The maximum absolute atomic E-state index is 11.7. The zero-order chi connectivity index (χ0) is 16.6. The van der Waals surface area contributed by atoms with Gasteiger partial charge in [-0.15, -0.1) is 11.3 Å². The molecule has 1 N–H and O–H groups in total. The van der Waals surface area contributed by atoms with E-state index in [1.54, 1.807) is 23.5 Å². The second-order valence-corrected chi connectivity index (χ2v) is 6.46. The van der Waals surface area contributed by atoms with Gasteiger partial charge < -0.3 is 10.1 Å². The van der Waals surface area contributed by atoms with E-state index in [1.807, 2.05) is 42.6 Å². The first-order valence-corrected chi connectivity index (χ1v) is 8.59. The SMILES string of the molecule is O=C(NCCc1ncc(Cc2ccccc2)s1)Oc1ccccc1. The summed E-state index contributed by atoms with van der Waals surface area (Å²) in [7, 11) is 0. The molecule has 24 heavy (non-hydrogen) atoms. The Morgan fingerprint density at radius 3 is 2.50 bits per heavy atom. The van der Waals surface area contributed by atoms with Crippen molar-refractivity contribution in [2.75, 3.05) is 6.54 Å². The number of hydrogen-bond acceptors (Lipinski definition) is 4. The lowest BCUT2D eigenvalue weighted by molar-refractivity contribution is 0.200. The Morgan fingerprint density at radius 1 is 1.04 bits per heavy atom. The van der Waals surface area contributed by atoms with E-state index in [0.29, 0.717) is 18.7 Å². The number of benzene rings is 2. The molecule has 0 fully saturated rings. The fourth-order valence-corrected chi connectivity index (χ4v) is 3.20. The molecule has 4 nitrogen and oxygen atoms in total. The molecule has 3 aromatic rings. The number of carbonyl (C=O) groups is 1. The molecule has 0 unspecified atom stereocenters. The number of nitrogens with one attached hydrogen (secondary N) is 1. The summed E-state index contributed by atoms with van der Waals surface area (Å²) in [5.41, 5.74) is 1.28. The molecule has 5 heteroatoms. The lowest BCUT2D eigenvalue weighted by atomic mass is 10.1. The van der Waals surface area contributed by atoms with E-state index in [1.165, 1.54) is 10.4 Å². The largest absolute Gasteiger partial charge is 0.412 e. The molecule has 0 radical (unpaired) electrons. The molecule has 0 aliphatic carbocycles. The second-order valence-electron chi connectivity index (χ2n) is 5.26. The first-order chi connectivity index (χ1) is 11.8. The van der Waals surface area contributed by atoms with Crippen LogP contribution >= 0.6 is 11.3 Å². The molecular formula is C19H18N2O2S. The predicted molar refractivity (Wildman–Crippen MR) is 95.5 cm³/mol. The molecule has 1 aromatic heterocycles. The molecule has 0 aliphatic rings. The molecule has 0 aliphatic heterocycles. The Hall–Kier alpha value is -2.66. The van der Waals surface area contributed by atoms with Crippen LogP contribution < -0.4 is 10.1 Å². The molecule has 0 spiro atoms. The number of thiazole rings is 1. The van der Waals surface area contributed by atoms with Crippen LogP contribution in [0.4, 0.5) is 4.79 Å². The number of carbonyl (C=O) groups excluding carboxylic acids is 1. The Morgan fingerprint density at radius 2 is 1.75 bits per heavy atom. The molecule has 3 rings (SSSR count). The van der Waals surface area contributed by atoms with Gasteiger partial charge in [0, 0.05) is 30.5 Å². The number of nitrogens with zero attached hydrogens (tertiary/aromatic N) is 1. The normalized spacial score (nSPS) is 10.3. The summed E-state index contributed by atoms with van der Waals surface area (Å²) in [6.45, 7) is 0.504. The highest BCUT2D eigenvalue weighted by atomic mass is 32.1. The van der Waals surface area contributed by atoms with Gasteiger partial charge in [0.15, 0.2) is 0 Å². The average Bonchev–Trinajstić information content (AvgIpc) is 3.04. The van der Waals surface area contributed by atoms with Crippen LogP contribution in [0.2, 0.25) is 0 Å². The van der Waals surface area contributed by atoms with Crippen LogP contribution in [0.1, 0.15) is 15.4 Å². The van der Waals surface area contributed by atoms with E-state index < -0.39 is 6.09 Å². The maximum atomic E-state index is 11.7. The Kier molecular flexibility index (Phi) is 5.58. The number of aromatic nitrogens is 1. The van der Waals surface area contributed by atoms with Crippen LogP contribution in [-0.2, 0) is 12.8 Å². The molecule has 0 saturated carbocycles. The van der Waals surface area contributed by atoms with Gasteiger partial charge in [0.2, 0.25) is 0 Å². The van der Waals surface area contributed by atoms with E-state index in [-0.39, 0.29) is 0 Å². The van der Waals surface area contributed by atoms with E-state index in [2.05, 4.69) is 22.4 Å². The van der Waals surface area contributed by atoms with Crippen molar-refractivity contribution in [1.29, 1.82) is 0 Å². The number of rotatable bonds is 6. The van der Waals surface area contributed by atoms with E-state index in [4.69, 9.17) is 4.74 Å². The highest BCUT2D eigenvalue weighted by Crippen LogP contribution is 2.17. The number of hydrogen-bond donors (Lipinski definition) is 1. The molecule has 0 bridgehead atoms. The summed E-state index contributed by atoms with van der Waals surface area (Å²) < 4.78 is 5.17. The van der Waals surface area contributed by atoms with Gasteiger partial charge in [-0.05, 0) is 17.7 Å². The summed E-state index contributed by atoms with van der Waals surface area (Å²) in [4.78, 5) is 17.3. The van der Waals surface area contributed by atoms with Gasteiger partial charge in [0.1, 0.15) is 5.75 Å². The molecule has 0 atom stereocenters. The van der Waals surface area contributed by atoms with E-state index >= 15 is 0 Å². The summed E-state index contributed by atoms with van der Waals surface area (Å²) in [6.07, 6.45) is 3.06. The van der Waals surface area contributed by atoms with Crippen LogP contribution in [0.15, 0.2) is 66.9 Å². The number of amides is 1.